The molecule has 0 aliphatic rings. The number of unbranched alkanes of at least 4 members (excludes halogenated alkanes) is 1. The molecule has 0 spiro atoms. The number of rotatable bonds is 7. The molecular formula is C20H26ClN3O2S2. The molecule has 0 unspecified atom stereocenters. The minimum atomic E-state index is -0.561. The molecule has 8 heteroatoms. The van der Waals surface area contributed by atoms with E-state index in [9.17, 15) is 4.79 Å². The lowest BCUT2D eigenvalue weighted by Crippen LogP contribution is -2.21. The van der Waals surface area contributed by atoms with Crippen LogP contribution in [0.15, 0.2) is 29.4 Å². The number of nitrogens with two attached hydrogens (primary N) is 1. The number of nitrogens with zero attached hydrogens (tertiary/aromatic N) is 2. The molecule has 1 aromatic heterocycles. The van der Waals surface area contributed by atoms with Gasteiger partial charge in [0.2, 0.25) is 0 Å². The number of thiocarbonyl (C=S) groups is 1. The fourth-order valence-corrected chi connectivity index (χ4v) is 3.95. The Morgan fingerprint density at radius 3 is 2.71 bits per heavy atom. The first kappa shape index (κ1) is 22.6. The molecule has 2 rings (SSSR count). The molecule has 5 nitrogen and oxygen atoms in total. The van der Waals surface area contributed by atoms with Gasteiger partial charge in [-0.2, -0.15) is 0 Å². The number of amides is 1. The van der Waals surface area contributed by atoms with Crippen molar-refractivity contribution < 1.29 is 9.53 Å². The van der Waals surface area contributed by atoms with Crippen LogP contribution in [0.1, 0.15) is 51.0 Å². The van der Waals surface area contributed by atoms with Gasteiger partial charge in [-0.1, -0.05) is 57.9 Å². The number of carbonyl (C=O) groups excluding carboxylic acids is 1. The van der Waals surface area contributed by atoms with Crippen LogP contribution in [0.5, 0.6) is 5.75 Å². The second kappa shape index (κ2) is 9.67. The van der Waals surface area contributed by atoms with Crippen molar-refractivity contribution in [2.45, 2.75) is 52.5 Å². The molecule has 1 aromatic carbocycles. The normalized spacial score (nSPS) is 12.2. The summed E-state index contributed by atoms with van der Waals surface area (Å²) in [6, 6.07) is 5.04. The summed E-state index contributed by atoms with van der Waals surface area (Å²) in [7, 11) is 0. The number of benzene rings is 1. The highest BCUT2D eigenvalue weighted by Gasteiger charge is 2.18. The van der Waals surface area contributed by atoms with Crippen LogP contribution in [-0.4, -0.2) is 22.1 Å². The fraction of sp³-hybridized carbons (Fsp3) is 0.450. The smallest absolute Gasteiger partial charge is 0.255 e. The average Bonchev–Trinajstić information content (AvgIpc) is 3.01. The predicted octanol–water partition coefficient (Wildman–Crippen LogP) is 4.44. The third-order valence-corrected chi connectivity index (χ3v) is 5.94. The van der Waals surface area contributed by atoms with Gasteiger partial charge in [-0.15, -0.1) is 11.3 Å². The molecular weight excluding hydrogens is 414 g/mol. The third kappa shape index (κ3) is 6.15. The van der Waals surface area contributed by atoms with Crippen molar-refractivity contribution in [3.05, 3.63) is 44.7 Å². The second-order valence-corrected chi connectivity index (χ2v) is 9.32. The van der Waals surface area contributed by atoms with E-state index in [0.29, 0.717) is 21.3 Å². The van der Waals surface area contributed by atoms with Crippen LogP contribution in [0.4, 0.5) is 0 Å². The Morgan fingerprint density at radius 1 is 1.39 bits per heavy atom. The molecule has 0 saturated carbocycles. The van der Waals surface area contributed by atoms with E-state index in [1.54, 1.807) is 29.5 Å². The third-order valence-electron chi connectivity index (χ3n) is 3.95. The number of aryl methyl sites for hydroxylation is 1. The monoisotopic (exact) mass is 439 g/mol. The standard InChI is InChI=1S/C20H26ClN3O2S2/c1-5-6-9-24-11-16(20(2,3)4)28-19(24)23-18(27)14-10-13(21)7-8-15(14)26-12-17(22)25/h7-8,10-11H,5-6,9,12H2,1-4H3,(H2,22,25). The molecule has 1 heterocycles. The highest BCUT2D eigenvalue weighted by atomic mass is 35.5. The summed E-state index contributed by atoms with van der Waals surface area (Å²) < 4.78 is 7.63. The van der Waals surface area contributed by atoms with Gasteiger partial charge in [-0.25, -0.2) is 4.99 Å². The molecule has 0 bridgehead atoms. The van der Waals surface area contributed by atoms with Gasteiger partial charge in [0.1, 0.15) is 10.7 Å². The molecule has 0 fully saturated rings. The van der Waals surface area contributed by atoms with Gasteiger partial charge < -0.3 is 15.0 Å². The van der Waals surface area contributed by atoms with E-state index < -0.39 is 5.91 Å². The molecule has 0 atom stereocenters. The number of carbonyl (C=O) groups is 1. The predicted molar refractivity (Wildman–Crippen MR) is 119 cm³/mol. The van der Waals surface area contributed by atoms with Gasteiger partial charge >= 0.3 is 0 Å². The van der Waals surface area contributed by atoms with Gasteiger partial charge in [0.25, 0.3) is 5.91 Å². The largest absolute Gasteiger partial charge is 0.483 e. The van der Waals surface area contributed by atoms with Crippen molar-refractivity contribution in [3.63, 3.8) is 0 Å². The van der Waals surface area contributed by atoms with E-state index in [4.69, 9.17) is 39.3 Å². The van der Waals surface area contributed by atoms with Gasteiger partial charge in [-0.05, 0) is 30.0 Å². The van der Waals surface area contributed by atoms with Gasteiger partial charge in [-0.3, -0.25) is 4.79 Å². The van der Waals surface area contributed by atoms with E-state index in [0.717, 1.165) is 24.2 Å². The quantitative estimate of drug-likeness (QED) is 0.648. The highest BCUT2D eigenvalue weighted by Crippen LogP contribution is 2.26. The summed E-state index contributed by atoms with van der Waals surface area (Å²) in [6.07, 6.45) is 4.31. The summed E-state index contributed by atoms with van der Waals surface area (Å²) >= 11 is 13.3. The van der Waals surface area contributed by atoms with E-state index in [1.807, 2.05) is 0 Å². The zero-order valence-corrected chi connectivity index (χ0v) is 19.0. The maximum absolute atomic E-state index is 11.1. The SMILES string of the molecule is CCCCn1cc(C(C)(C)C)sc1=NC(=S)c1cc(Cl)ccc1OCC(N)=O. The minimum absolute atomic E-state index is 0.0276. The van der Waals surface area contributed by atoms with Crippen LogP contribution in [0, 0.1) is 0 Å². The van der Waals surface area contributed by atoms with Crippen molar-refractivity contribution in [2.24, 2.45) is 10.7 Å². The van der Waals surface area contributed by atoms with Crippen molar-refractivity contribution in [2.75, 3.05) is 6.61 Å². The van der Waals surface area contributed by atoms with Crippen molar-refractivity contribution in [1.82, 2.24) is 4.57 Å². The van der Waals surface area contributed by atoms with Crippen molar-refractivity contribution >= 4 is 46.1 Å². The van der Waals surface area contributed by atoms with Crippen LogP contribution in [0.25, 0.3) is 0 Å². The molecule has 28 heavy (non-hydrogen) atoms. The van der Waals surface area contributed by atoms with E-state index >= 15 is 0 Å². The summed E-state index contributed by atoms with van der Waals surface area (Å²) in [5, 5.41) is 0.513. The first-order valence-electron chi connectivity index (χ1n) is 9.12. The van der Waals surface area contributed by atoms with E-state index in [2.05, 4.69) is 38.5 Å². The number of ether oxygens (including phenoxy) is 1. The van der Waals surface area contributed by atoms with Gasteiger partial charge in [0, 0.05) is 22.6 Å². The van der Waals surface area contributed by atoms with E-state index in [1.165, 1.54) is 4.88 Å². The van der Waals surface area contributed by atoms with Crippen LogP contribution < -0.4 is 15.3 Å². The number of hydrogen-bond acceptors (Lipinski definition) is 4. The van der Waals surface area contributed by atoms with Crippen LogP contribution in [0.3, 0.4) is 0 Å². The Balaban J connectivity index is 2.47. The minimum Gasteiger partial charge on any atom is -0.483 e. The Kier molecular flexibility index (Phi) is 7.80. The zero-order valence-electron chi connectivity index (χ0n) is 16.6. The van der Waals surface area contributed by atoms with Crippen molar-refractivity contribution in [1.29, 1.82) is 0 Å². The number of halogens is 1. The lowest BCUT2D eigenvalue weighted by Gasteiger charge is -2.14. The maximum atomic E-state index is 11.1. The number of primary amides is 1. The molecule has 2 N–H and O–H groups in total. The zero-order chi connectivity index (χ0) is 20.9. The van der Waals surface area contributed by atoms with E-state index in [-0.39, 0.29) is 12.0 Å². The molecule has 0 saturated heterocycles. The molecule has 0 aliphatic carbocycles. The highest BCUT2D eigenvalue weighted by molar-refractivity contribution is 7.80. The molecule has 0 aliphatic heterocycles. The topological polar surface area (TPSA) is 69.6 Å². The Hall–Kier alpha value is -1.70. The average molecular weight is 440 g/mol. The number of hydrogen-bond donors (Lipinski definition) is 1. The summed E-state index contributed by atoms with van der Waals surface area (Å²) in [5.74, 6) is -0.126. The molecule has 1 amide bonds. The van der Waals surface area contributed by atoms with Crippen molar-refractivity contribution in [3.8, 4) is 5.75 Å². The van der Waals surface area contributed by atoms with Crippen LogP contribution in [-0.2, 0) is 16.8 Å². The first-order chi connectivity index (χ1) is 13.1. The second-order valence-electron chi connectivity index (χ2n) is 7.49. The van der Waals surface area contributed by atoms with Crippen LogP contribution in [0.2, 0.25) is 5.02 Å². The molecule has 0 radical (unpaired) electrons. The van der Waals surface area contributed by atoms with Gasteiger partial charge in [0.15, 0.2) is 11.4 Å². The maximum Gasteiger partial charge on any atom is 0.255 e. The summed E-state index contributed by atoms with van der Waals surface area (Å²) in [4.78, 5) is 18.2. The van der Waals surface area contributed by atoms with Gasteiger partial charge in [0.05, 0.1) is 5.56 Å². The number of thiazole rings is 1. The summed E-state index contributed by atoms with van der Waals surface area (Å²) in [6.45, 7) is 9.34. The Bertz CT molecular complexity index is 926. The fourth-order valence-electron chi connectivity index (χ4n) is 2.39. The number of aromatic nitrogens is 1. The lowest BCUT2D eigenvalue weighted by atomic mass is 9.95. The molecule has 2 aromatic rings. The van der Waals surface area contributed by atoms with Crippen LogP contribution >= 0.6 is 35.2 Å². The summed E-state index contributed by atoms with van der Waals surface area (Å²) in [5.41, 5.74) is 5.78. The molecule has 152 valence electrons. The first-order valence-corrected chi connectivity index (χ1v) is 10.7. The Morgan fingerprint density at radius 2 is 2.11 bits per heavy atom. The lowest BCUT2D eigenvalue weighted by molar-refractivity contribution is -0.119. The Labute approximate surface area is 180 Å².